The summed E-state index contributed by atoms with van der Waals surface area (Å²) in [5.74, 6) is 0. The van der Waals surface area contributed by atoms with Crippen LogP contribution in [0.4, 0.5) is 22.0 Å². The molecule has 0 aliphatic rings. The van der Waals surface area contributed by atoms with Crippen LogP contribution in [0.15, 0.2) is 10.7 Å². The second-order valence-corrected chi connectivity index (χ2v) is 3.42. The van der Waals surface area contributed by atoms with Crippen LogP contribution in [-0.2, 0) is 6.18 Å². The third-order valence-corrected chi connectivity index (χ3v) is 2.24. The lowest BCUT2D eigenvalue weighted by Crippen LogP contribution is -2.12. The number of halogens is 6. The van der Waals surface area contributed by atoms with Gasteiger partial charge in [-0.2, -0.15) is 18.4 Å². The molecule has 8 heteroatoms. The van der Waals surface area contributed by atoms with Crippen LogP contribution in [0, 0.1) is 11.3 Å². The smallest absolute Gasteiger partial charge is 0.238 e. The largest absolute Gasteiger partial charge is 0.418 e. The van der Waals surface area contributed by atoms with Gasteiger partial charge in [-0.15, -0.1) is 0 Å². The highest BCUT2D eigenvalue weighted by molar-refractivity contribution is 9.10. The van der Waals surface area contributed by atoms with E-state index in [9.17, 15) is 22.0 Å². The second kappa shape index (κ2) is 4.33. The average molecular weight is 301 g/mol. The van der Waals surface area contributed by atoms with E-state index < -0.39 is 29.4 Å². The first-order valence-electron chi connectivity index (χ1n) is 3.73. The highest BCUT2D eigenvalue weighted by Crippen LogP contribution is 2.37. The quantitative estimate of drug-likeness (QED) is 0.586. The average Bonchev–Trinajstić information content (AvgIpc) is 2.15. The lowest BCUT2D eigenvalue weighted by molar-refractivity contribution is -0.140. The summed E-state index contributed by atoms with van der Waals surface area (Å²) >= 11 is 2.64. The molecule has 0 radical (unpaired) electrons. The van der Waals surface area contributed by atoms with E-state index in [0.29, 0.717) is 6.07 Å². The number of alkyl halides is 5. The summed E-state index contributed by atoms with van der Waals surface area (Å²) in [6.07, 6.45) is -8.33. The third-order valence-electron chi connectivity index (χ3n) is 1.64. The summed E-state index contributed by atoms with van der Waals surface area (Å²) in [5.41, 5.74) is -3.43. The first-order valence-corrected chi connectivity index (χ1v) is 4.52. The fraction of sp³-hybridized carbons (Fsp3) is 0.250. The molecule has 2 nitrogen and oxygen atoms in total. The molecule has 0 saturated carbocycles. The van der Waals surface area contributed by atoms with Crippen molar-refractivity contribution >= 4 is 15.9 Å². The van der Waals surface area contributed by atoms with Gasteiger partial charge < -0.3 is 0 Å². The Hall–Kier alpha value is -1.23. The molecule has 1 aromatic heterocycles. The van der Waals surface area contributed by atoms with Crippen molar-refractivity contribution in [3.05, 3.63) is 27.5 Å². The van der Waals surface area contributed by atoms with Crippen LogP contribution < -0.4 is 0 Å². The van der Waals surface area contributed by atoms with Crippen LogP contribution in [0.25, 0.3) is 0 Å². The number of aromatic nitrogens is 1. The van der Waals surface area contributed by atoms with Gasteiger partial charge >= 0.3 is 6.18 Å². The minimum Gasteiger partial charge on any atom is -0.238 e. The predicted octanol–water partition coefficient (Wildman–Crippen LogP) is 3.67. The van der Waals surface area contributed by atoms with Gasteiger partial charge in [-0.05, 0) is 22.0 Å². The van der Waals surface area contributed by atoms with Crippen LogP contribution in [0.2, 0.25) is 0 Å². The highest BCUT2D eigenvalue weighted by Gasteiger charge is 2.37. The number of hydrogen-bond acceptors (Lipinski definition) is 2. The maximum Gasteiger partial charge on any atom is 0.418 e. The Labute approximate surface area is 94.8 Å². The van der Waals surface area contributed by atoms with Gasteiger partial charge in [0.25, 0.3) is 6.43 Å². The zero-order valence-corrected chi connectivity index (χ0v) is 8.90. The van der Waals surface area contributed by atoms with Gasteiger partial charge in [0.05, 0.1) is 11.1 Å². The van der Waals surface area contributed by atoms with Crippen molar-refractivity contribution in [2.75, 3.05) is 0 Å². The molecule has 0 aliphatic carbocycles. The molecule has 0 aliphatic heterocycles. The topological polar surface area (TPSA) is 36.7 Å². The van der Waals surface area contributed by atoms with E-state index in [2.05, 4.69) is 20.9 Å². The maximum atomic E-state index is 12.4. The minimum atomic E-state index is -4.97. The molecule has 1 rings (SSSR count). The molecular formula is C8H2BrF5N2. The minimum absolute atomic E-state index is 0.335. The second-order valence-electron chi connectivity index (χ2n) is 2.67. The fourth-order valence-corrected chi connectivity index (χ4v) is 1.37. The Morgan fingerprint density at radius 1 is 1.38 bits per heavy atom. The van der Waals surface area contributed by atoms with Crippen molar-refractivity contribution in [2.45, 2.75) is 12.6 Å². The summed E-state index contributed by atoms with van der Waals surface area (Å²) in [5, 5.41) is 8.46. The lowest BCUT2D eigenvalue weighted by atomic mass is 10.1. The van der Waals surface area contributed by atoms with Gasteiger partial charge in [0, 0.05) is 0 Å². The Morgan fingerprint density at radius 2 is 1.94 bits per heavy atom. The Morgan fingerprint density at radius 3 is 2.31 bits per heavy atom. The van der Waals surface area contributed by atoms with Crippen molar-refractivity contribution < 1.29 is 22.0 Å². The first-order chi connectivity index (χ1) is 7.27. The SMILES string of the molecule is N#Cc1cc(C(F)(F)F)c(C(F)F)nc1Br. The Balaban J connectivity index is 3.51. The van der Waals surface area contributed by atoms with Crippen molar-refractivity contribution in [2.24, 2.45) is 0 Å². The van der Waals surface area contributed by atoms with Crippen LogP contribution >= 0.6 is 15.9 Å². The summed E-state index contributed by atoms with van der Waals surface area (Å²) < 4.78 is 61.4. The summed E-state index contributed by atoms with van der Waals surface area (Å²) in [7, 11) is 0. The molecule has 86 valence electrons. The van der Waals surface area contributed by atoms with Crippen LogP contribution in [0.1, 0.15) is 23.2 Å². The van der Waals surface area contributed by atoms with E-state index in [1.807, 2.05) is 0 Å². The van der Waals surface area contributed by atoms with Gasteiger partial charge in [-0.25, -0.2) is 13.8 Å². The molecule has 0 unspecified atom stereocenters. The van der Waals surface area contributed by atoms with E-state index in [1.165, 1.54) is 6.07 Å². The van der Waals surface area contributed by atoms with E-state index in [-0.39, 0.29) is 4.60 Å². The molecular weight excluding hydrogens is 299 g/mol. The number of hydrogen-bond donors (Lipinski definition) is 0. The fourth-order valence-electron chi connectivity index (χ4n) is 0.976. The van der Waals surface area contributed by atoms with Gasteiger partial charge in [0.1, 0.15) is 16.4 Å². The van der Waals surface area contributed by atoms with Gasteiger partial charge in [-0.1, -0.05) is 0 Å². The van der Waals surface area contributed by atoms with E-state index >= 15 is 0 Å². The summed E-state index contributed by atoms with van der Waals surface area (Å²) in [6.45, 7) is 0. The maximum absolute atomic E-state index is 12.4. The number of nitrogens with zero attached hydrogens (tertiary/aromatic N) is 2. The normalized spacial score (nSPS) is 11.6. The van der Waals surface area contributed by atoms with Gasteiger partial charge in [0.2, 0.25) is 0 Å². The standard InChI is InChI=1S/C8H2BrF5N2/c9-6-3(2-15)1-4(8(12,13)14)5(16-6)7(10)11/h1,7H. The molecule has 1 heterocycles. The lowest BCUT2D eigenvalue weighted by Gasteiger charge is -2.12. The molecule has 0 spiro atoms. The van der Waals surface area contributed by atoms with Crippen LogP contribution in [0.5, 0.6) is 0 Å². The van der Waals surface area contributed by atoms with E-state index in [0.717, 1.165) is 0 Å². The monoisotopic (exact) mass is 300 g/mol. The highest BCUT2D eigenvalue weighted by atomic mass is 79.9. The number of rotatable bonds is 1. The number of pyridine rings is 1. The molecule has 0 N–H and O–H groups in total. The van der Waals surface area contributed by atoms with Crippen LogP contribution in [0.3, 0.4) is 0 Å². The zero-order valence-electron chi connectivity index (χ0n) is 7.32. The zero-order chi connectivity index (χ0) is 12.5. The molecule has 1 aromatic rings. The summed E-state index contributed by atoms with van der Waals surface area (Å²) in [4.78, 5) is 3.03. The Bertz CT molecular complexity index is 449. The summed E-state index contributed by atoms with van der Waals surface area (Å²) in [6, 6.07) is 1.77. The van der Waals surface area contributed by atoms with Crippen molar-refractivity contribution in [3.63, 3.8) is 0 Å². The molecule has 0 aromatic carbocycles. The Kier molecular flexibility index (Phi) is 3.48. The third kappa shape index (κ3) is 2.47. The van der Waals surface area contributed by atoms with E-state index in [1.54, 1.807) is 0 Å². The molecule has 0 atom stereocenters. The van der Waals surface area contributed by atoms with Crippen molar-refractivity contribution in [3.8, 4) is 6.07 Å². The van der Waals surface area contributed by atoms with E-state index in [4.69, 9.17) is 5.26 Å². The molecule has 0 amide bonds. The van der Waals surface area contributed by atoms with Crippen LogP contribution in [-0.4, -0.2) is 4.98 Å². The molecule has 0 saturated heterocycles. The van der Waals surface area contributed by atoms with Gasteiger partial charge in [0.15, 0.2) is 0 Å². The molecule has 0 bridgehead atoms. The van der Waals surface area contributed by atoms with Gasteiger partial charge in [-0.3, -0.25) is 0 Å². The molecule has 16 heavy (non-hydrogen) atoms. The van der Waals surface area contributed by atoms with Crippen molar-refractivity contribution in [1.29, 1.82) is 5.26 Å². The predicted molar refractivity (Wildman–Crippen MR) is 46.6 cm³/mol. The first kappa shape index (κ1) is 12.8. The number of nitriles is 1. The van der Waals surface area contributed by atoms with Crippen molar-refractivity contribution in [1.82, 2.24) is 4.98 Å². The molecule has 0 fully saturated rings.